The highest BCUT2D eigenvalue weighted by Gasteiger charge is 2.21. The lowest BCUT2D eigenvalue weighted by molar-refractivity contribution is 0.770. The van der Waals surface area contributed by atoms with Gasteiger partial charge in [-0.2, -0.15) is 11.8 Å². The summed E-state index contributed by atoms with van der Waals surface area (Å²) in [5.41, 5.74) is 0.814. The molecule has 1 aromatic rings. The smallest absolute Gasteiger partial charge is 0.143 e. The van der Waals surface area contributed by atoms with E-state index in [0.29, 0.717) is 16.3 Å². The van der Waals surface area contributed by atoms with Crippen LogP contribution in [0, 0.1) is 0 Å². The second-order valence-corrected chi connectivity index (χ2v) is 5.14. The van der Waals surface area contributed by atoms with E-state index in [1.54, 1.807) is 6.07 Å². The molecule has 2 nitrogen and oxygen atoms in total. The Morgan fingerprint density at radius 1 is 1.50 bits per heavy atom. The van der Waals surface area contributed by atoms with Crippen LogP contribution in [0.3, 0.4) is 0 Å². The minimum absolute atomic E-state index is 0.395. The number of thioether (sulfide) groups is 1. The van der Waals surface area contributed by atoms with Crippen LogP contribution in [0.5, 0.6) is 0 Å². The van der Waals surface area contributed by atoms with Crippen LogP contribution in [0.25, 0.3) is 0 Å². The molecule has 76 valence electrons. The SMILES string of the molecule is ClCc1cc(Cl)nc(C2CCCS2)n1. The van der Waals surface area contributed by atoms with E-state index in [0.717, 1.165) is 17.9 Å². The van der Waals surface area contributed by atoms with Crippen molar-refractivity contribution in [1.82, 2.24) is 9.97 Å². The number of rotatable bonds is 2. The van der Waals surface area contributed by atoms with E-state index in [4.69, 9.17) is 23.2 Å². The van der Waals surface area contributed by atoms with E-state index in [9.17, 15) is 0 Å². The molecular formula is C9H10Cl2N2S. The third-order valence-corrected chi connectivity index (χ3v) is 3.96. The molecule has 0 aliphatic carbocycles. The molecule has 0 radical (unpaired) electrons. The molecule has 0 bridgehead atoms. The van der Waals surface area contributed by atoms with Crippen LogP contribution in [0.2, 0.25) is 5.15 Å². The van der Waals surface area contributed by atoms with Crippen LogP contribution in [-0.2, 0) is 5.88 Å². The zero-order valence-corrected chi connectivity index (χ0v) is 9.87. The molecule has 0 saturated carbocycles. The second-order valence-electron chi connectivity index (χ2n) is 3.18. The summed E-state index contributed by atoms with van der Waals surface area (Å²) in [5.74, 6) is 2.43. The van der Waals surface area contributed by atoms with E-state index in [-0.39, 0.29) is 0 Å². The van der Waals surface area contributed by atoms with Crippen molar-refractivity contribution in [3.8, 4) is 0 Å². The summed E-state index contributed by atoms with van der Waals surface area (Å²) in [6.45, 7) is 0. The molecule has 0 aromatic carbocycles. The molecule has 1 unspecified atom stereocenters. The van der Waals surface area contributed by atoms with Gasteiger partial charge < -0.3 is 0 Å². The van der Waals surface area contributed by atoms with E-state index >= 15 is 0 Å². The number of hydrogen-bond acceptors (Lipinski definition) is 3. The molecule has 1 aromatic heterocycles. The number of alkyl halides is 1. The van der Waals surface area contributed by atoms with Gasteiger partial charge in [-0.1, -0.05) is 11.6 Å². The van der Waals surface area contributed by atoms with Gasteiger partial charge in [0.25, 0.3) is 0 Å². The van der Waals surface area contributed by atoms with Crippen LogP contribution < -0.4 is 0 Å². The van der Waals surface area contributed by atoms with E-state index in [2.05, 4.69) is 9.97 Å². The van der Waals surface area contributed by atoms with Crippen molar-refractivity contribution >= 4 is 35.0 Å². The number of nitrogens with zero attached hydrogens (tertiary/aromatic N) is 2. The largest absolute Gasteiger partial charge is 0.235 e. The standard InChI is InChI=1S/C9H10Cl2N2S/c10-5-6-4-8(11)13-9(12-6)7-2-1-3-14-7/h4,7H,1-3,5H2. The molecule has 0 amide bonds. The highest BCUT2D eigenvalue weighted by atomic mass is 35.5. The Balaban J connectivity index is 2.27. The van der Waals surface area contributed by atoms with E-state index in [1.807, 2.05) is 11.8 Å². The van der Waals surface area contributed by atoms with Crippen LogP contribution >= 0.6 is 35.0 Å². The lowest BCUT2D eigenvalue weighted by Gasteiger charge is -2.08. The average Bonchev–Trinajstić information content (AvgIpc) is 2.69. The molecule has 0 N–H and O–H groups in total. The zero-order valence-electron chi connectivity index (χ0n) is 7.54. The van der Waals surface area contributed by atoms with Crippen LogP contribution in [-0.4, -0.2) is 15.7 Å². The fraction of sp³-hybridized carbons (Fsp3) is 0.556. The number of halogens is 2. The van der Waals surface area contributed by atoms with Crippen molar-refractivity contribution in [3.05, 3.63) is 22.7 Å². The first-order valence-corrected chi connectivity index (χ1v) is 6.46. The van der Waals surface area contributed by atoms with Gasteiger partial charge in [0.1, 0.15) is 11.0 Å². The summed E-state index contributed by atoms with van der Waals surface area (Å²) in [6.07, 6.45) is 2.38. The first kappa shape index (κ1) is 10.5. The number of aromatic nitrogens is 2. The van der Waals surface area contributed by atoms with E-state index in [1.165, 1.54) is 12.2 Å². The monoisotopic (exact) mass is 248 g/mol. The van der Waals surface area contributed by atoms with Crippen LogP contribution in [0.1, 0.15) is 29.6 Å². The Kier molecular flexibility index (Phi) is 3.52. The highest BCUT2D eigenvalue weighted by Crippen LogP contribution is 2.38. The molecule has 2 heterocycles. The molecule has 1 aliphatic rings. The van der Waals surface area contributed by atoms with Crippen LogP contribution in [0.15, 0.2) is 6.07 Å². The Bertz CT molecular complexity index is 327. The molecule has 1 aliphatic heterocycles. The summed E-state index contributed by atoms with van der Waals surface area (Å²) < 4.78 is 0. The summed E-state index contributed by atoms with van der Waals surface area (Å²) in [6, 6.07) is 1.72. The minimum Gasteiger partial charge on any atom is -0.235 e. The summed E-state index contributed by atoms with van der Waals surface area (Å²) >= 11 is 13.5. The normalized spacial score (nSPS) is 21.4. The second kappa shape index (κ2) is 4.69. The van der Waals surface area contributed by atoms with Crippen molar-refractivity contribution in [3.63, 3.8) is 0 Å². The highest BCUT2D eigenvalue weighted by molar-refractivity contribution is 7.99. The van der Waals surface area contributed by atoms with Gasteiger partial charge in [0.2, 0.25) is 0 Å². The predicted molar refractivity (Wildman–Crippen MR) is 61.0 cm³/mol. The van der Waals surface area contributed by atoms with Crippen molar-refractivity contribution in [2.75, 3.05) is 5.75 Å². The Morgan fingerprint density at radius 3 is 3.00 bits per heavy atom. The van der Waals surface area contributed by atoms with Crippen molar-refractivity contribution < 1.29 is 0 Å². The van der Waals surface area contributed by atoms with Gasteiger partial charge in [0.15, 0.2) is 0 Å². The molecule has 5 heteroatoms. The maximum atomic E-state index is 5.89. The molecule has 14 heavy (non-hydrogen) atoms. The van der Waals surface area contributed by atoms with Gasteiger partial charge in [0.05, 0.1) is 16.8 Å². The third kappa shape index (κ3) is 2.33. The first-order chi connectivity index (χ1) is 6.79. The lowest BCUT2D eigenvalue weighted by Crippen LogP contribution is -2.01. The van der Waals surface area contributed by atoms with Crippen molar-refractivity contribution in [2.45, 2.75) is 24.0 Å². The maximum absolute atomic E-state index is 5.89. The predicted octanol–water partition coefficient (Wildman–Crippen LogP) is 3.44. The Hall–Kier alpha value is 0.01000. The summed E-state index contributed by atoms with van der Waals surface area (Å²) in [7, 11) is 0. The van der Waals surface area contributed by atoms with Crippen molar-refractivity contribution in [1.29, 1.82) is 0 Å². The lowest BCUT2D eigenvalue weighted by atomic mass is 10.2. The van der Waals surface area contributed by atoms with Gasteiger partial charge in [0, 0.05) is 0 Å². The summed E-state index contributed by atoms with van der Waals surface area (Å²) in [5, 5.41) is 0.911. The Labute approximate surface area is 97.4 Å². The molecule has 2 rings (SSSR count). The van der Waals surface area contributed by atoms with Gasteiger partial charge in [-0.05, 0) is 24.7 Å². The fourth-order valence-corrected chi connectivity index (χ4v) is 3.03. The molecule has 0 spiro atoms. The average molecular weight is 249 g/mol. The fourth-order valence-electron chi connectivity index (χ4n) is 1.48. The van der Waals surface area contributed by atoms with Gasteiger partial charge in [-0.25, -0.2) is 9.97 Å². The third-order valence-electron chi connectivity index (χ3n) is 2.12. The van der Waals surface area contributed by atoms with Gasteiger partial charge in [-0.3, -0.25) is 0 Å². The summed E-state index contributed by atoms with van der Waals surface area (Å²) in [4.78, 5) is 8.62. The first-order valence-electron chi connectivity index (χ1n) is 4.50. The molecular weight excluding hydrogens is 239 g/mol. The zero-order chi connectivity index (χ0) is 9.97. The Morgan fingerprint density at radius 2 is 2.36 bits per heavy atom. The van der Waals surface area contributed by atoms with Crippen molar-refractivity contribution in [2.24, 2.45) is 0 Å². The quantitative estimate of drug-likeness (QED) is 0.593. The van der Waals surface area contributed by atoms with E-state index < -0.39 is 0 Å². The number of hydrogen-bond donors (Lipinski definition) is 0. The molecule has 1 atom stereocenters. The van der Waals surface area contributed by atoms with Gasteiger partial charge in [-0.15, -0.1) is 11.6 Å². The molecule has 1 saturated heterocycles. The van der Waals surface area contributed by atoms with Crippen LogP contribution in [0.4, 0.5) is 0 Å². The van der Waals surface area contributed by atoms with Gasteiger partial charge >= 0.3 is 0 Å². The maximum Gasteiger partial charge on any atom is 0.143 e. The molecule has 1 fully saturated rings. The minimum atomic E-state index is 0.395. The topological polar surface area (TPSA) is 25.8 Å².